The highest BCUT2D eigenvalue weighted by molar-refractivity contribution is 6.07. The van der Waals surface area contributed by atoms with Crippen LogP contribution < -0.4 is 10.6 Å². The van der Waals surface area contributed by atoms with Crippen molar-refractivity contribution in [1.29, 1.82) is 0 Å². The number of dihydropyridines is 1. The van der Waals surface area contributed by atoms with Gasteiger partial charge in [0.05, 0.1) is 34.8 Å². The molecule has 3 aliphatic rings. The van der Waals surface area contributed by atoms with Gasteiger partial charge in [0.25, 0.3) is 11.8 Å². The van der Waals surface area contributed by atoms with E-state index in [1.165, 1.54) is 0 Å². The molecule has 0 saturated heterocycles. The first-order valence-corrected chi connectivity index (χ1v) is 13.5. The van der Waals surface area contributed by atoms with Crippen molar-refractivity contribution in [1.82, 2.24) is 25.4 Å². The Morgan fingerprint density at radius 2 is 2.03 bits per heavy atom. The van der Waals surface area contributed by atoms with Crippen LogP contribution in [0, 0.1) is 5.92 Å². The van der Waals surface area contributed by atoms with Crippen LogP contribution in [0.2, 0.25) is 0 Å². The van der Waals surface area contributed by atoms with E-state index in [2.05, 4.69) is 61.5 Å². The molecule has 2 aliphatic heterocycles. The summed E-state index contributed by atoms with van der Waals surface area (Å²) in [6.45, 7) is 12.6. The molecule has 2 amide bonds. The quantitative estimate of drug-likeness (QED) is 0.551. The van der Waals surface area contributed by atoms with Crippen LogP contribution in [0.1, 0.15) is 89.3 Å². The molecule has 8 heteroatoms. The smallest absolute Gasteiger partial charge is 0.254 e. The zero-order chi connectivity index (χ0) is 27.2. The van der Waals surface area contributed by atoms with Crippen molar-refractivity contribution < 1.29 is 9.59 Å². The third kappa shape index (κ3) is 5.27. The van der Waals surface area contributed by atoms with Crippen LogP contribution in [-0.2, 0) is 4.79 Å². The molecular formula is C30H38N6O2. The lowest BCUT2D eigenvalue weighted by atomic mass is 9.82. The van der Waals surface area contributed by atoms with Gasteiger partial charge in [-0.05, 0) is 84.9 Å². The average molecular weight is 515 g/mol. The lowest BCUT2D eigenvalue weighted by Gasteiger charge is -2.41. The van der Waals surface area contributed by atoms with Crippen LogP contribution in [0.4, 0.5) is 0 Å². The number of hydrogen-bond donors (Lipinski definition) is 2. The highest BCUT2D eigenvalue weighted by Crippen LogP contribution is 2.35. The van der Waals surface area contributed by atoms with Gasteiger partial charge in [-0.1, -0.05) is 23.8 Å². The number of amides is 2. The fourth-order valence-electron chi connectivity index (χ4n) is 6.14. The third-order valence-electron chi connectivity index (χ3n) is 7.55. The summed E-state index contributed by atoms with van der Waals surface area (Å²) in [5.41, 5.74) is 4.39. The Morgan fingerprint density at radius 1 is 1.24 bits per heavy atom. The molecule has 2 unspecified atom stereocenters. The molecule has 0 spiro atoms. The van der Waals surface area contributed by atoms with Crippen LogP contribution in [0.3, 0.4) is 0 Å². The van der Waals surface area contributed by atoms with Gasteiger partial charge in [0.1, 0.15) is 0 Å². The zero-order valence-electron chi connectivity index (χ0n) is 23.3. The zero-order valence-corrected chi connectivity index (χ0v) is 23.3. The summed E-state index contributed by atoms with van der Waals surface area (Å²) >= 11 is 0. The molecule has 0 saturated carbocycles. The Hall–Kier alpha value is -3.39. The number of fused-ring (bicyclic) bond motifs is 1. The molecule has 2 atom stereocenters. The van der Waals surface area contributed by atoms with Gasteiger partial charge in [-0.2, -0.15) is 5.10 Å². The Labute approximate surface area is 224 Å². The van der Waals surface area contributed by atoms with Crippen molar-refractivity contribution in [2.24, 2.45) is 10.9 Å². The van der Waals surface area contributed by atoms with E-state index in [1.54, 1.807) is 6.20 Å². The Kier molecular flexibility index (Phi) is 6.71. The molecule has 1 aliphatic carbocycles. The van der Waals surface area contributed by atoms with Crippen molar-refractivity contribution in [3.63, 3.8) is 0 Å². The normalized spacial score (nSPS) is 24.6. The highest BCUT2D eigenvalue weighted by atomic mass is 16.2. The van der Waals surface area contributed by atoms with Crippen LogP contribution in [0.25, 0.3) is 16.6 Å². The Morgan fingerprint density at radius 3 is 2.71 bits per heavy atom. The molecule has 5 rings (SSSR count). The first-order valence-electron chi connectivity index (χ1n) is 13.5. The van der Waals surface area contributed by atoms with Crippen LogP contribution in [-0.4, -0.2) is 49.9 Å². The van der Waals surface area contributed by atoms with Gasteiger partial charge in [0, 0.05) is 23.3 Å². The summed E-state index contributed by atoms with van der Waals surface area (Å²) < 4.78 is 1.96. The maximum absolute atomic E-state index is 13.7. The van der Waals surface area contributed by atoms with Crippen LogP contribution in [0.15, 0.2) is 47.1 Å². The number of nitrogens with zero attached hydrogens (tertiary/aromatic N) is 4. The maximum Gasteiger partial charge on any atom is 0.254 e. The summed E-state index contributed by atoms with van der Waals surface area (Å²) in [5, 5.41) is 12.1. The van der Waals surface area contributed by atoms with E-state index in [9.17, 15) is 9.59 Å². The average Bonchev–Trinajstić information content (AvgIpc) is 3.25. The molecule has 2 N–H and O–H groups in total. The second kappa shape index (κ2) is 9.73. The highest BCUT2D eigenvalue weighted by Gasteiger charge is 2.34. The third-order valence-corrected chi connectivity index (χ3v) is 7.55. The van der Waals surface area contributed by atoms with E-state index in [-0.39, 0.29) is 35.5 Å². The standard InChI is InChI=1S/C30H38N6O2/c1-18-12-19(2)33-28(38)23(18)16-31-27(37)22-13-25(20-14-29(3,4)35-30(5,6)15-20)34-26-24(22)17-32-36(26)21-10-8-7-9-11-21/h8,10,12-14,17,21,23,35H,7,9,11,15-16H2,1-6H3,(H,31,37). The van der Waals surface area contributed by atoms with Crippen LogP contribution >= 0.6 is 0 Å². The lowest BCUT2D eigenvalue weighted by Crippen LogP contribution is -2.53. The van der Waals surface area contributed by atoms with Gasteiger partial charge in [-0.3, -0.25) is 9.59 Å². The molecule has 2 aromatic rings. The first-order chi connectivity index (χ1) is 17.9. The van der Waals surface area contributed by atoms with Crippen LogP contribution in [0.5, 0.6) is 0 Å². The van der Waals surface area contributed by atoms with Crippen molar-refractivity contribution in [2.75, 3.05) is 6.54 Å². The van der Waals surface area contributed by atoms with E-state index < -0.39 is 5.92 Å². The van der Waals surface area contributed by atoms with E-state index in [0.717, 1.165) is 47.9 Å². The van der Waals surface area contributed by atoms with E-state index in [1.807, 2.05) is 30.7 Å². The number of aromatic nitrogens is 3. The Balaban J connectivity index is 1.55. The molecule has 0 aromatic carbocycles. The summed E-state index contributed by atoms with van der Waals surface area (Å²) in [7, 11) is 0. The Bertz CT molecular complexity index is 1420. The monoisotopic (exact) mass is 514 g/mol. The van der Waals surface area contributed by atoms with Gasteiger partial charge in [0.2, 0.25) is 0 Å². The number of pyridine rings is 1. The van der Waals surface area contributed by atoms with Crippen molar-refractivity contribution in [2.45, 2.75) is 84.3 Å². The summed E-state index contributed by atoms with van der Waals surface area (Å²) in [5.74, 6) is -0.912. The second-order valence-corrected chi connectivity index (χ2v) is 12.1. The minimum atomic E-state index is -0.455. The van der Waals surface area contributed by atoms with Crippen molar-refractivity contribution in [3.05, 3.63) is 53.4 Å². The predicted octanol–water partition coefficient (Wildman–Crippen LogP) is 4.94. The maximum atomic E-state index is 13.7. The molecular weight excluding hydrogens is 476 g/mol. The first kappa shape index (κ1) is 26.2. The number of nitrogens with one attached hydrogen (secondary N) is 2. The van der Waals surface area contributed by atoms with Gasteiger partial charge in [0.15, 0.2) is 5.65 Å². The molecule has 8 nitrogen and oxygen atoms in total. The number of carbonyl (C=O) groups excluding carboxylic acids is 2. The summed E-state index contributed by atoms with van der Waals surface area (Å²) in [4.78, 5) is 35.4. The minimum Gasteiger partial charge on any atom is -0.351 e. The number of rotatable bonds is 5. The number of carbonyl (C=O) groups is 2. The molecule has 0 fully saturated rings. The molecule has 4 heterocycles. The number of hydrogen-bond acceptors (Lipinski definition) is 5. The fraction of sp³-hybridized carbons (Fsp3) is 0.500. The molecule has 200 valence electrons. The van der Waals surface area contributed by atoms with Crippen molar-refractivity contribution >= 4 is 34.1 Å². The summed E-state index contributed by atoms with van der Waals surface area (Å²) in [6.07, 6.45) is 14.2. The topological polar surface area (TPSA) is 101 Å². The van der Waals surface area contributed by atoms with Gasteiger partial charge in [-0.15, -0.1) is 0 Å². The number of allylic oxidation sites excluding steroid dienone is 3. The van der Waals surface area contributed by atoms with Crippen molar-refractivity contribution in [3.8, 4) is 0 Å². The predicted molar refractivity (Wildman–Crippen MR) is 151 cm³/mol. The lowest BCUT2D eigenvalue weighted by molar-refractivity contribution is -0.120. The van der Waals surface area contributed by atoms with E-state index >= 15 is 0 Å². The largest absolute Gasteiger partial charge is 0.351 e. The molecule has 2 aromatic heterocycles. The SMILES string of the molecule is CC1=CC(C)=NC(=O)C1CNC(=O)c1cc(C2=CC(C)(C)NC(C)(C)C2)nc2c1cnn2C1C=CCCC1. The van der Waals surface area contributed by atoms with Gasteiger partial charge < -0.3 is 10.6 Å². The minimum absolute atomic E-state index is 0.114. The number of aliphatic imine (C=N–C) groups is 1. The second-order valence-electron chi connectivity index (χ2n) is 12.1. The fourth-order valence-corrected chi connectivity index (χ4v) is 6.14. The summed E-state index contributed by atoms with van der Waals surface area (Å²) in [6, 6.07) is 2.00. The van der Waals surface area contributed by atoms with E-state index in [4.69, 9.17) is 10.1 Å². The van der Waals surface area contributed by atoms with Gasteiger partial charge >= 0.3 is 0 Å². The molecule has 0 radical (unpaired) electrons. The molecule has 38 heavy (non-hydrogen) atoms. The van der Waals surface area contributed by atoms with Gasteiger partial charge in [-0.25, -0.2) is 14.7 Å². The van der Waals surface area contributed by atoms with E-state index in [0.29, 0.717) is 16.9 Å². The molecule has 0 bridgehead atoms.